The van der Waals surface area contributed by atoms with Gasteiger partial charge in [-0.25, -0.2) is 8.42 Å². The van der Waals surface area contributed by atoms with Crippen LogP contribution in [0.3, 0.4) is 0 Å². The highest BCUT2D eigenvalue weighted by molar-refractivity contribution is 7.94. The molecule has 1 saturated heterocycles. The Morgan fingerprint density at radius 3 is 2.28 bits per heavy atom. The fourth-order valence-corrected chi connectivity index (χ4v) is 6.71. The summed E-state index contributed by atoms with van der Waals surface area (Å²) in [6.07, 6.45) is 0. The molecule has 7 heteroatoms. The molecule has 3 aromatic carbocycles. The quantitative estimate of drug-likeness (QED) is 0.618. The van der Waals surface area contributed by atoms with E-state index in [1.54, 1.807) is 36.4 Å². The first-order chi connectivity index (χ1) is 15.3. The molecular weight excluding hydrogens is 424 g/mol. The van der Waals surface area contributed by atoms with Crippen molar-refractivity contribution in [3.05, 3.63) is 95.1 Å². The first-order valence-corrected chi connectivity index (χ1v) is 12.0. The zero-order chi connectivity index (χ0) is 22.7. The van der Waals surface area contributed by atoms with E-state index in [9.17, 15) is 18.0 Å². The first-order valence-electron chi connectivity index (χ1n) is 10.4. The Morgan fingerprint density at radius 1 is 0.875 bits per heavy atom. The normalized spacial score (nSPS) is 21.4. The molecule has 0 aliphatic carbocycles. The van der Waals surface area contributed by atoms with Gasteiger partial charge in [-0.2, -0.15) is 0 Å². The summed E-state index contributed by atoms with van der Waals surface area (Å²) < 4.78 is 27.2. The van der Waals surface area contributed by atoms with Gasteiger partial charge >= 0.3 is 0 Å². The monoisotopic (exact) mass is 446 g/mol. The molecule has 2 aliphatic heterocycles. The summed E-state index contributed by atoms with van der Waals surface area (Å²) in [5.74, 6) is -1.93. The van der Waals surface area contributed by atoms with Crippen LogP contribution in [0.2, 0.25) is 0 Å². The average Bonchev–Trinajstić information content (AvgIpc) is 3.14. The summed E-state index contributed by atoms with van der Waals surface area (Å²) in [5, 5.41) is 0. The van der Waals surface area contributed by atoms with Gasteiger partial charge in [0, 0.05) is 11.3 Å². The third-order valence-electron chi connectivity index (χ3n) is 6.36. The molecule has 0 unspecified atom stereocenters. The number of nitrogens with zero attached hydrogens (tertiary/aromatic N) is 2. The Balaban J connectivity index is 1.75. The van der Waals surface area contributed by atoms with E-state index in [0.29, 0.717) is 16.9 Å². The number of para-hydroxylation sites is 1. The molecule has 0 radical (unpaired) electrons. The summed E-state index contributed by atoms with van der Waals surface area (Å²) in [6, 6.07) is 21.6. The predicted molar refractivity (Wildman–Crippen MR) is 123 cm³/mol. The second kappa shape index (κ2) is 7.03. The summed E-state index contributed by atoms with van der Waals surface area (Å²) in [6.45, 7) is 4.05. The molecular formula is C25H22N2O4S. The van der Waals surface area contributed by atoms with Crippen LogP contribution in [0.15, 0.2) is 72.8 Å². The fourth-order valence-electron chi connectivity index (χ4n) is 4.68. The maximum atomic E-state index is 14.0. The van der Waals surface area contributed by atoms with E-state index >= 15 is 0 Å². The van der Waals surface area contributed by atoms with Gasteiger partial charge in [0.15, 0.2) is 9.84 Å². The zero-order valence-corrected chi connectivity index (χ0v) is 18.6. The Bertz CT molecular complexity index is 1370. The minimum Gasteiger partial charge on any atom is -0.304 e. The second-order valence-corrected chi connectivity index (χ2v) is 10.4. The highest BCUT2D eigenvalue weighted by atomic mass is 32.2. The molecule has 0 aromatic heterocycles. The van der Waals surface area contributed by atoms with Crippen molar-refractivity contribution in [3.8, 4) is 0 Å². The van der Waals surface area contributed by atoms with Crippen molar-refractivity contribution in [1.82, 2.24) is 0 Å². The third-order valence-corrected chi connectivity index (χ3v) is 8.46. The van der Waals surface area contributed by atoms with Crippen molar-refractivity contribution in [2.24, 2.45) is 0 Å². The van der Waals surface area contributed by atoms with Gasteiger partial charge < -0.3 is 4.90 Å². The molecule has 3 aromatic rings. The van der Waals surface area contributed by atoms with E-state index in [1.807, 2.05) is 50.2 Å². The molecule has 0 saturated carbocycles. The van der Waals surface area contributed by atoms with Crippen LogP contribution in [0.25, 0.3) is 0 Å². The van der Waals surface area contributed by atoms with Crippen molar-refractivity contribution in [2.75, 3.05) is 15.6 Å². The van der Waals surface area contributed by atoms with Crippen molar-refractivity contribution >= 4 is 33.0 Å². The molecule has 2 aliphatic rings. The van der Waals surface area contributed by atoms with Crippen LogP contribution in [0.4, 0.5) is 11.4 Å². The topological polar surface area (TPSA) is 74.8 Å². The van der Waals surface area contributed by atoms with Gasteiger partial charge in [-0.3, -0.25) is 14.5 Å². The predicted octanol–water partition coefficient (Wildman–Crippen LogP) is 3.46. The molecule has 2 heterocycles. The van der Waals surface area contributed by atoms with Gasteiger partial charge in [0.05, 0.1) is 12.2 Å². The van der Waals surface area contributed by atoms with Crippen LogP contribution < -0.4 is 9.80 Å². The van der Waals surface area contributed by atoms with Gasteiger partial charge in [0.25, 0.3) is 10.8 Å². The number of aryl methyl sites for hydroxylation is 2. The molecule has 1 spiro atoms. The molecule has 0 N–H and O–H groups in total. The van der Waals surface area contributed by atoms with Crippen LogP contribution in [0.1, 0.15) is 22.3 Å². The van der Waals surface area contributed by atoms with Crippen molar-refractivity contribution in [2.45, 2.75) is 25.3 Å². The molecule has 32 heavy (non-hydrogen) atoms. The standard InChI is InChI=1S/C25H22N2O4S/c1-17-12-13-20(14-18(17)2)27-23(28)16-32(30,31)25(27)21-10-6-7-11-22(21)26(24(25)29)15-19-8-4-3-5-9-19/h3-14H,15-16H2,1-2H3/t25-/m1/s1. The smallest absolute Gasteiger partial charge is 0.274 e. The Hall–Kier alpha value is -3.45. The molecule has 2 amide bonds. The highest BCUT2D eigenvalue weighted by Crippen LogP contribution is 2.52. The van der Waals surface area contributed by atoms with Gasteiger partial charge in [-0.05, 0) is 48.7 Å². The van der Waals surface area contributed by atoms with Crippen LogP contribution in [-0.2, 0) is 30.8 Å². The number of benzene rings is 3. The number of amides is 2. The Kier molecular flexibility index (Phi) is 4.49. The number of hydrogen-bond donors (Lipinski definition) is 0. The van der Waals surface area contributed by atoms with Gasteiger partial charge in [0.1, 0.15) is 5.75 Å². The van der Waals surface area contributed by atoms with Crippen LogP contribution in [0, 0.1) is 13.8 Å². The molecule has 1 fully saturated rings. The Labute approximate surface area is 187 Å². The van der Waals surface area contributed by atoms with E-state index in [1.165, 1.54) is 9.80 Å². The maximum Gasteiger partial charge on any atom is 0.274 e. The number of sulfone groups is 1. The van der Waals surface area contributed by atoms with Gasteiger partial charge in [-0.1, -0.05) is 54.6 Å². The molecule has 0 bridgehead atoms. The molecule has 1 atom stereocenters. The summed E-state index contributed by atoms with van der Waals surface area (Å²) in [4.78, 5) is 27.8. The van der Waals surface area contributed by atoms with E-state index in [-0.39, 0.29) is 6.54 Å². The van der Waals surface area contributed by atoms with E-state index in [2.05, 4.69) is 0 Å². The molecule has 5 rings (SSSR count). The third kappa shape index (κ3) is 2.67. The van der Waals surface area contributed by atoms with Crippen LogP contribution in [-0.4, -0.2) is 26.0 Å². The van der Waals surface area contributed by atoms with E-state index < -0.39 is 32.3 Å². The second-order valence-electron chi connectivity index (χ2n) is 8.29. The summed E-state index contributed by atoms with van der Waals surface area (Å²) >= 11 is 0. The zero-order valence-electron chi connectivity index (χ0n) is 17.8. The average molecular weight is 447 g/mol. The van der Waals surface area contributed by atoms with Crippen molar-refractivity contribution < 1.29 is 18.0 Å². The lowest BCUT2D eigenvalue weighted by Crippen LogP contribution is -2.54. The minimum atomic E-state index is -4.16. The first kappa shape index (κ1) is 20.5. The highest BCUT2D eigenvalue weighted by Gasteiger charge is 2.69. The van der Waals surface area contributed by atoms with Gasteiger partial charge in [-0.15, -0.1) is 0 Å². The molecule has 6 nitrogen and oxygen atoms in total. The lowest BCUT2D eigenvalue weighted by molar-refractivity contribution is -0.123. The number of fused-ring (bicyclic) bond motifs is 2. The summed E-state index contributed by atoms with van der Waals surface area (Å²) in [5.41, 5.74) is 4.03. The van der Waals surface area contributed by atoms with Gasteiger partial charge in [0.2, 0.25) is 5.91 Å². The fraction of sp³-hybridized carbons (Fsp3) is 0.200. The molecule has 162 valence electrons. The maximum absolute atomic E-state index is 14.0. The Morgan fingerprint density at radius 2 is 1.56 bits per heavy atom. The lowest BCUT2D eigenvalue weighted by Gasteiger charge is -2.33. The number of carbonyl (C=O) groups excluding carboxylic acids is 2. The van der Waals surface area contributed by atoms with E-state index in [4.69, 9.17) is 0 Å². The number of anilines is 2. The van der Waals surface area contributed by atoms with Crippen LogP contribution >= 0.6 is 0 Å². The van der Waals surface area contributed by atoms with Crippen molar-refractivity contribution in [1.29, 1.82) is 0 Å². The van der Waals surface area contributed by atoms with E-state index in [0.717, 1.165) is 16.7 Å². The largest absolute Gasteiger partial charge is 0.304 e. The SMILES string of the molecule is Cc1ccc(N2C(=O)CS(=O)(=O)[C@]23C(=O)N(Cc2ccccc2)c2ccccc23)cc1C. The van der Waals surface area contributed by atoms with Crippen molar-refractivity contribution in [3.63, 3.8) is 0 Å². The number of rotatable bonds is 3. The summed E-state index contributed by atoms with van der Waals surface area (Å²) in [7, 11) is -4.16. The number of carbonyl (C=O) groups is 2. The minimum absolute atomic E-state index is 0.211. The lowest BCUT2D eigenvalue weighted by atomic mass is 10.0. The van der Waals surface area contributed by atoms with Crippen LogP contribution in [0.5, 0.6) is 0 Å². The number of hydrogen-bond acceptors (Lipinski definition) is 4.